The molecule has 1 amide bonds. The Bertz CT molecular complexity index is 564. The first-order chi connectivity index (χ1) is 9.75. The Morgan fingerprint density at radius 3 is 2.70 bits per heavy atom. The maximum absolute atomic E-state index is 11.5. The van der Waals surface area contributed by atoms with E-state index in [0.29, 0.717) is 19.0 Å². The number of furan rings is 1. The molecular weight excluding hydrogens is 256 g/mol. The summed E-state index contributed by atoms with van der Waals surface area (Å²) >= 11 is 0. The first-order valence-electron chi connectivity index (χ1n) is 6.19. The van der Waals surface area contributed by atoms with E-state index in [9.17, 15) is 4.79 Å². The Morgan fingerprint density at radius 1 is 1.20 bits per heavy atom. The van der Waals surface area contributed by atoms with E-state index >= 15 is 0 Å². The van der Waals surface area contributed by atoms with E-state index in [1.165, 1.54) is 6.26 Å². The fourth-order valence-electron chi connectivity index (χ4n) is 1.55. The quantitative estimate of drug-likeness (QED) is 0.436. The molecule has 1 aromatic heterocycles. The Kier molecular flexibility index (Phi) is 4.77. The summed E-state index contributed by atoms with van der Waals surface area (Å²) in [6.45, 7) is 0.773. The van der Waals surface area contributed by atoms with Gasteiger partial charge in [-0.25, -0.2) is 0 Å². The van der Waals surface area contributed by atoms with Gasteiger partial charge >= 0.3 is 0 Å². The normalized spacial score (nSPS) is 11.1. The molecule has 4 N–H and O–H groups in total. The molecule has 0 aliphatic heterocycles. The Labute approximate surface area is 116 Å². The second-order valence-electron chi connectivity index (χ2n) is 3.99. The first-order valence-corrected chi connectivity index (χ1v) is 6.19. The first kappa shape index (κ1) is 13.7. The van der Waals surface area contributed by atoms with Crippen LogP contribution in [-0.2, 0) is 0 Å². The smallest absolute Gasteiger partial charge is 0.287 e. The van der Waals surface area contributed by atoms with E-state index in [1.54, 1.807) is 12.1 Å². The van der Waals surface area contributed by atoms with Gasteiger partial charge < -0.3 is 20.8 Å². The molecule has 0 fully saturated rings. The van der Waals surface area contributed by atoms with Crippen LogP contribution in [0.1, 0.15) is 10.6 Å². The monoisotopic (exact) mass is 272 g/mol. The number of aliphatic imine (C=N–C) groups is 1. The highest BCUT2D eigenvalue weighted by Crippen LogP contribution is 2.03. The van der Waals surface area contributed by atoms with Crippen molar-refractivity contribution in [2.24, 2.45) is 10.7 Å². The number of rotatable bonds is 5. The van der Waals surface area contributed by atoms with Crippen molar-refractivity contribution in [2.45, 2.75) is 0 Å². The van der Waals surface area contributed by atoms with Gasteiger partial charge in [0.2, 0.25) is 0 Å². The highest BCUT2D eigenvalue weighted by atomic mass is 16.3. The largest absolute Gasteiger partial charge is 0.459 e. The van der Waals surface area contributed by atoms with Crippen LogP contribution in [-0.4, -0.2) is 25.0 Å². The molecule has 0 bridgehead atoms. The van der Waals surface area contributed by atoms with Crippen LogP contribution < -0.4 is 16.4 Å². The lowest BCUT2D eigenvalue weighted by Gasteiger charge is -2.05. The molecule has 0 aliphatic rings. The van der Waals surface area contributed by atoms with Crippen molar-refractivity contribution in [1.82, 2.24) is 5.32 Å². The van der Waals surface area contributed by atoms with Crippen LogP contribution >= 0.6 is 0 Å². The highest BCUT2D eigenvalue weighted by Gasteiger charge is 2.06. The molecule has 104 valence electrons. The van der Waals surface area contributed by atoms with E-state index in [4.69, 9.17) is 10.2 Å². The van der Waals surface area contributed by atoms with Gasteiger partial charge in [-0.15, -0.1) is 0 Å². The molecule has 1 heterocycles. The Hall–Kier alpha value is -2.76. The lowest BCUT2D eigenvalue weighted by atomic mass is 10.3. The molecular formula is C14H16N4O2. The van der Waals surface area contributed by atoms with Gasteiger partial charge in [0.05, 0.1) is 12.8 Å². The van der Waals surface area contributed by atoms with Crippen LogP contribution in [0.4, 0.5) is 5.69 Å². The third-order valence-corrected chi connectivity index (χ3v) is 2.47. The number of hydrogen-bond donors (Lipinski definition) is 3. The molecule has 0 unspecified atom stereocenters. The lowest BCUT2D eigenvalue weighted by Crippen LogP contribution is -2.28. The van der Waals surface area contributed by atoms with Gasteiger partial charge in [-0.1, -0.05) is 18.2 Å². The summed E-state index contributed by atoms with van der Waals surface area (Å²) in [5.74, 6) is 0.326. The lowest BCUT2D eigenvalue weighted by molar-refractivity contribution is 0.0927. The van der Waals surface area contributed by atoms with E-state index < -0.39 is 0 Å². The number of anilines is 1. The molecule has 20 heavy (non-hydrogen) atoms. The second kappa shape index (κ2) is 6.98. The number of nitrogens with zero attached hydrogens (tertiary/aromatic N) is 1. The van der Waals surface area contributed by atoms with Crippen molar-refractivity contribution in [1.29, 1.82) is 0 Å². The molecule has 1 aromatic carbocycles. The number of carbonyl (C=O) groups is 1. The van der Waals surface area contributed by atoms with Crippen molar-refractivity contribution < 1.29 is 9.21 Å². The van der Waals surface area contributed by atoms with Crippen LogP contribution in [0.2, 0.25) is 0 Å². The Morgan fingerprint density at radius 2 is 2.00 bits per heavy atom. The van der Waals surface area contributed by atoms with Gasteiger partial charge in [-0.3, -0.25) is 9.79 Å². The number of hydrogen-bond acceptors (Lipinski definition) is 3. The molecule has 0 atom stereocenters. The molecule has 2 rings (SSSR count). The summed E-state index contributed by atoms with van der Waals surface area (Å²) in [7, 11) is 0. The third kappa shape index (κ3) is 4.16. The molecule has 0 spiro atoms. The van der Waals surface area contributed by atoms with Gasteiger partial charge in [0, 0.05) is 12.2 Å². The van der Waals surface area contributed by atoms with Crippen molar-refractivity contribution >= 4 is 17.6 Å². The SMILES string of the molecule is NC(=NCCNC(=O)c1ccco1)Nc1ccccc1. The average Bonchev–Trinajstić information content (AvgIpc) is 2.99. The number of guanidine groups is 1. The summed E-state index contributed by atoms with van der Waals surface area (Å²) in [5, 5.41) is 5.64. The predicted octanol–water partition coefficient (Wildman–Crippen LogP) is 1.44. The van der Waals surface area contributed by atoms with E-state index in [2.05, 4.69) is 15.6 Å². The summed E-state index contributed by atoms with van der Waals surface area (Å²) < 4.78 is 4.97. The van der Waals surface area contributed by atoms with Gasteiger partial charge in [0.15, 0.2) is 11.7 Å². The van der Waals surface area contributed by atoms with Crippen molar-refractivity contribution in [2.75, 3.05) is 18.4 Å². The molecule has 0 radical (unpaired) electrons. The molecule has 6 nitrogen and oxygen atoms in total. The molecule has 6 heteroatoms. The minimum absolute atomic E-state index is 0.264. The molecule has 0 aliphatic carbocycles. The van der Waals surface area contributed by atoms with Crippen LogP contribution in [0.15, 0.2) is 58.1 Å². The average molecular weight is 272 g/mol. The van der Waals surface area contributed by atoms with Crippen LogP contribution in [0.25, 0.3) is 0 Å². The molecule has 2 aromatic rings. The maximum Gasteiger partial charge on any atom is 0.287 e. The van der Waals surface area contributed by atoms with E-state index in [1.807, 2.05) is 30.3 Å². The van der Waals surface area contributed by atoms with Crippen LogP contribution in [0.5, 0.6) is 0 Å². The maximum atomic E-state index is 11.5. The van der Waals surface area contributed by atoms with Gasteiger partial charge in [-0.05, 0) is 24.3 Å². The van der Waals surface area contributed by atoms with Crippen LogP contribution in [0.3, 0.4) is 0 Å². The van der Waals surface area contributed by atoms with Gasteiger partial charge in [0.25, 0.3) is 5.91 Å². The summed E-state index contributed by atoms with van der Waals surface area (Å²) in [4.78, 5) is 15.7. The van der Waals surface area contributed by atoms with Gasteiger partial charge in [-0.2, -0.15) is 0 Å². The third-order valence-electron chi connectivity index (χ3n) is 2.47. The second-order valence-corrected chi connectivity index (χ2v) is 3.99. The predicted molar refractivity (Wildman–Crippen MR) is 77.6 cm³/mol. The fourth-order valence-corrected chi connectivity index (χ4v) is 1.55. The minimum atomic E-state index is -0.264. The van der Waals surface area contributed by atoms with Crippen molar-refractivity contribution in [3.63, 3.8) is 0 Å². The minimum Gasteiger partial charge on any atom is -0.459 e. The number of carbonyl (C=O) groups excluding carboxylic acids is 1. The zero-order valence-electron chi connectivity index (χ0n) is 10.9. The topological polar surface area (TPSA) is 92.6 Å². The number of nitrogens with one attached hydrogen (secondary N) is 2. The summed E-state index contributed by atoms with van der Waals surface area (Å²) in [6, 6.07) is 12.8. The zero-order chi connectivity index (χ0) is 14.2. The number of para-hydroxylation sites is 1. The number of amides is 1. The highest BCUT2D eigenvalue weighted by molar-refractivity contribution is 5.92. The Balaban J connectivity index is 1.72. The van der Waals surface area contributed by atoms with Crippen molar-refractivity contribution in [3.8, 4) is 0 Å². The zero-order valence-corrected chi connectivity index (χ0v) is 10.9. The molecule has 0 saturated heterocycles. The summed E-state index contributed by atoms with van der Waals surface area (Å²) in [6.07, 6.45) is 1.45. The summed E-state index contributed by atoms with van der Waals surface area (Å²) in [5.41, 5.74) is 6.59. The fraction of sp³-hybridized carbons (Fsp3) is 0.143. The molecule has 0 saturated carbocycles. The van der Waals surface area contributed by atoms with Crippen molar-refractivity contribution in [3.05, 3.63) is 54.5 Å². The standard InChI is InChI=1S/C14H16N4O2/c15-14(18-11-5-2-1-3-6-11)17-9-8-16-13(19)12-7-4-10-20-12/h1-7,10H,8-9H2,(H,16,19)(H3,15,17,18). The van der Waals surface area contributed by atoms with Gasteiger partial charge in [0.1, 0.15) is 0 Å². The van der Waals surface area contributed by atoms with Crippen LogP contribution in [0, 0.1) is 0 Å². The number of nitrogens with two attached hydrogens (primary N) is 1. The number of benzene rings is 1. The van der Waals surface area contributed by atoms with E-state index in [0.717, 1.165) is 5.69 Å². The van der Waals surface area contributed by atoms with E-state index in [-0.39, 0.29) is 11.7 Å².